The molecule has 700 valence electrons. The van der Waals surface area contributed by atoms with Crippen molar-refractivity contribution in [3.8, 4) is 124 Å². The monoisotopic (exact) mass is 2580 g/mol. The quantitative estimate of drug-likeness (QED) is 0.0359. The number of para-hydroxylation sites is 4. The van der Waals surface area contributed by atoms with E-state index in [1.54, 1.807) is 114 Å². The van der Waals surface area contributed by atoms with Gasteiger partial charge < -0.3 is 35.0 Å². The molecular formula is C115H72F8N12O2Pt4. The van der Waals surface area contributed by atoms with Crippen molar-refractivity contribution >= 4 is 56.2 Å². The van der Waals surface area contributed by atoms with E-state index in [2.05, 4.69) is 142 Å². The van der Waals surface area contributed by atoms with Crippen LogP contribution in [0.1, 0.15) is 25.2 Å². The molecule has 0 aliphatic heterocycles. The third-order valence-corrected chi connectivity index (χ3v) is 22.2. The molecule has 21 rings (SSSR count). The second-order valence-electron chi connectivity index (χ2n) is 31.5. The van der Waals surface area contributed by atoms with E-state index in [1.165, 1.54) is 0 Å². The van der Waals surface area contributed by atoms with E-state index in [9.17, 15) is 45.3 Å². The Balaban J connectivity index is 0.000000149. The minimum Gasteiger partial charge on any atom is -0.507 e. The summed E-state index contributed by atoms with van der Waals surface area (Å²) in [5.74, 6) is -5.92. The van der Waals surface area contributed by atoms with Gasteiger partial charge in [-0.15, -0.1) is 96.1 Å². The average molecular weight is 2590 g/mol. The van der Waals surface area contributed by atoms with Crippen LogP contribution in [-0.2, 0) is 89.7 Å². The number of aromatic hydroxyl groups is 2. The van der Waals surface area contributed by atoms with Gasteiger partial charge in [0, 0.05) is 107 Å². The van der Waals surface area contributed by atoms with E-state index in [0.29, 0.717) is 51.2 Å². The first kappa shape index (κ1) is 102. The fourth-order valence-corrected chi connectivity index (χ4v) is 15.5. The second-order valence-corrected chi connectivity index (χ2v) is 31.5. The predicted molar refractivity (Wildman–Crippen MR) is 517 cm³/mol. The molecule has 10 aromatic heterocycles. The molecule has 0 saturated carbocycles. The molecule has 0 aliphatic carbocycles. The number of pyridine rings is 10. The number of fused-ring (bicyclic) bond motifs is 3. The number of anilines is 6. The maximum atomic E-state index is 14.4. The Morgan fingerprint density at radius 3 is 1.02 bits per heavy atom. The molecular weight excluding hydrogens is 2510 g/mol. The molecule has 0 aliphatic rings. The molecule has 0 bridgehead atoms. The van der Waals surface area contributed by atoms with Crippen LogP contribution in [0.25, 0.3) is 134 Å². The number of halogens is 8. The van der Waals surface area contributed by atoms with Gasteiger partial charge in [-0.25, -0.2) is 27.5 Å². The zero-order chi connectivity index (χ0) is 94.5. The molecule has 26 heteroatoms. The van der Waals surface area contributed by atoms with Gasteiger partial charge in [-0.1, -0.05) is 253 Å². The molecule has 0 fully saturated rings. The van der Waals surface area contributed by atoms with E-state index in [4.69, 9.17) is 9.97 Å². The largest absolute Gasteiger partial charge is 2.00 e. The van der Waals surface area contributed by atoms with E-state index in [-0.39, 0.29) is 141 Å². The fourth-order valence-electron chi connectivity index (χ4n) is 15.5. The van der Waals surface area contributed by atoms with Crippen molar-refractivity contribution < 1.29 is 130 Å². The smallest absolute Gasteiger partial charge is 0.507 e. The second kappa shape index (κ2) is 46.5. The van der Waals surface area contributed by atoms with E-state index < -0.39 is 52.5 Å². The van der Waals surface area contributed by atoms with Crippen LogP contribution in [0.3, 0.4) is 0 Å². The van der Waals surface area contributed by atoms with Crippen LogP contribution >= 0.6 is 0 Å². The summed E-state index contributed by atoms with van der Waals surface area (Å²) in [5.41, 5.74) is 16.6. The standard InChI is InChI=1S/C36H24N2O2.C28H15F4N3.C28H19N3.C23H14F4N4.4Pt/c39-33-17-9-7-15-27(33)31-21-29(23-11-3-1-4-12-23)25-19-20-26-30(24-13-5-2-6-14-24)22-32(38-36(26)35(25)37-31)28-16-8-10-18-34(28)40;29-18-12-14-21(23(31)16-18)25-8-4-10-27(33-25)35(20-6-2-1-3-7-20)28-11-5-9-26(34-28)22-15-13-19(30)17-24(22)32;1-2-12-24(13-3-1)31(25-14-8-10-22(20-25)27-16-4-6-18-29-27)26-15-9-11-23(21-26)28-17-5-7-19-30-28;1-23(2,17-7-3-5-15(28-17)13-9-11-19(24)30-21(13)26)18-8-4-6-16(29-18)14-10-12-20(25)31-22(14)27;;;;/h1-22,39-40H;1-13,16-17H;1-19H;3-8,11-12H,1-2H3;;;;/q;3*-2;;3*+2. The summed E-state index contributed by atoms with van der Waals surface area (Å²) in [6.45, 7) is 3.69. The Morgan fingerprint density at radius 2 is 0.638 bits per heavy atom. The third kappa shape index (κ3) is 23.4. The fraction of sp³-hybridized carbons (Fsp3) is 0.0261. The Morgan fingerprint density at radius 1 is 0.291 bits per heavy atom. The van der Waals surface area contributed by atoms with Gasteiger partial charge in [0.05, 0.1) is 22.4 Å². The molecule has 10 heterocycles. The van der Waals surface area contributed by atoms with Crippen molar-refractivity contribution in [2.75, 3.05) is 9.80 Å². The van der Waals surface area contributed by atoms with Crippen LogP contribution in [0.5, 0.6) is 11.5 Å². The summed E-state index contributed by atoms with van der Waals surface area (Å²) >= 11 is 0. The molecule has 0 saturated heterocycles. The van der Waals surface area contributed by atoms with Gasteiger partial charge in [0.25, 0.3) is 0 Å². The first-order valence-electron chi connectivity index (χ1n) is 43.0. The van der Waals surface area contributed by atoms with Crippen molar-refractivity contribution in [1.29, 1.82) is 0 Å². The van der Waals surface area contributed by atoms with Crippen LogP contribution in [0.15, 0.2) is 389 Å². The van der Waals surface area contributed by atoms with Crippen molar-refractivity contribution in [1.82, 2.24) is 49.8 Å². The van der Waals surface area contributed by atoms with Crippen LogP contribution in [-0.4, -0.2) is 60.1 Å². The van der Waals surface area contributed by atoms with E-state index in [0.717, 1.165) is 120 Å². The van der Waals surface area contributed by atoms with Gasteiger partial charge in [-0.3, -0.25) is 42.4 Å². The summed E-state index contributed by atoms with van der Waals surface area (Å²) in [7, 11) is 0. The number of aromatic nitrogens is 10. The van der Waals surface area contributed by atoms with Gasteiger partial charge in [-0.05, 0) is 179 Å². The number of nitrogens with zero attached hydrogens (tertiary/aromatic N) is 12. The van der Waals surface area contributed by atoms with Gasteiger partial charge >= 0.3 is 63.2 Å². The number of hydrogen-bond donors (Lipinski definition) is 2. The molecule has 11 aromatic carbocycles. The van der Waals surface area contributed by atoms with Gasteiger partial charge in [0.1, 0.15) is 46.9 Å². The summed E-state index contributed by atoms with van der Waals surface area (Å²) in [4.78, 5) is 47.6. The van der Waals surface area contributed by atoms with E-state index in [1.807, 2.05) is 196 Å². The molecule has 14 nitrogen and oxygen atoms in total. The number of benzene rings is 11. The maximum Gasteiger partial charge on any atom is 2.00 e. The summed E-state index contributed by atoms with van der Waals surface area (Å²) in [6, 6.07) is 129. The molecule has 21 aromatic rings. The van der Waals surface area contributed by atoms with Crippen LogP contribution in [0, 0.1) is 83.5 Å². The van der Waals surface area contributed by atoms with Crippen LogP contribution in [0.2, 0.25) is 0 Å². The SMILES string of the molecule is CC(C)(c1cccc(-c2[c-]cc(F)nc2F)n1)c1cccc(-c2[c-]cc(F)nc2F)n1.Fc1c[c-]c(-c2cccc(N(c3ccccc3)c3cccc(-c4[c-]cc(F)cc4F)n3)n2)c(F)c1.Oc1ccccc1-c1cc(-c2ccccc2)c2ccc3c(-c4ccccc4)cc(-c4ccccc4O)nc3c2n1.[Pt+2].[Pt+2].[Pt+2].[Pt].[c-]1c(-c2ccccn2)cccc1N(c1[c-]c(-c2ccccn2)ccc1)c1ccccc1. The Labute approximate surface area is 864 Å². The minimum absolute atomic E-state index is 0. The first-order valence-corrected chi connectivity index (χ1v) is 43.0. The molecule has 0 amide bonds. The summed E-state index contributed by atoms with van der Waals surface area (Å²) in [5, 5.41) is 23.4. The molecule has 141 heavy (non-hydrogen) atoms. The van der Waals surface area contributed by atoms with Gasteiger partial charge in [0.2, 0.25) is 0 Å². The molecule has 0 radical (unpaired) electrons. The Bertz CT molecular complexity index is 7530. The number of phenols is 2. The van der Waals surface area contributed by atoms with Crippen LogP contribution in [0.4, 0.5) is 69.5 Å². The Hall–Kier alpha value is -15.2. The van der Waals surface area contributed by atoms with Crippen molar-refractivity contribution in [3.05, 3.63) is 483 Å². The number of rotatable bonds is 18. The molecule has 0 atom stereocenters. The zero-order valence-corrected chi connectivity index (χ0v) is 83.1. The molecule has 0 spiro atoms. The topological polar surface area (TPSA) is 176 Å². The van der Waals surface area contributed by atoms with Crippen molar-refractivity contribution in [2.45, 2.75) is 19.3 Å². The first-order chi connectivity index (χ1) is 66.8. The number of phenolic OH excluding ortho intramolecular Hbond substituents is 2. The van der Waals surface area contributed by atoms with Gasteiger partial charge in [0.15, 0.2) is 0 Å². The third-order valence-electron chi connectivity index (χ3n) is 22.2. The van der Waals surface area contributed by atoms with E-state index >= 15 is 0 Å². The number of hydrogen-bond acceptors (Lipinski definition) is 14. The molecule has 0 unspecified atom stereocenters. The van der Waals surface area contributed by atoms with Crippen molar-refractivity contribution in [3.63, 3.8) is 0 Å². The summed E-state index contributed by atoms with van der Waals surface area (Å²) in [6.07, 6.45) is 3.60. The zero-order valence-electron chi connectivity index (χ0n) is 74.0. The normalized spacial score (nSPS) is 10.7. The predicted octanol–water partition coefficient (Wildman–Crippen LogP) is 28.3. The van der Waals surface area contributed by atoms with Crippen LogP contribution < -0.4 is 9.80 Å². The Kier molecular flexibility index (Phi) is 33.6. The minimum atomic E-state index is -1.02. The van der Waals surface area contributed by atoms with Gasteiger partial charge in [-0.2, -0.15) is 0 Å². The maximum absolute atomic E-state index is 14.4. The molecule has 2 N–H and O–H groups in total. The summed E-state index contributed by atoms with van der Waals surface area (Å²) < 4.78 is 110. The van der Waals surface area contributed by atoms with Crippen molar-refractivity contribution in [2.24, 2.45) is 0 Å². The average Bonchev–Trinajstić information content (AvgIpc) is 0.734.